The van der Waals surface area contributed by atoms with Gasteiger partial charge in [-0.15, -0.1) is 0 Å². The highest BCUT2D eigenvalue weighted by Crippen LogP contribution is 2.27. The van der Waals surface area contributed by atoms with Crippen LogP contribution in [0.2, 0.25) is 0 Å². The van der Waals surface area contributed by atoms with Crippen LogP contribution in [0.25, 0.3) is 11.2 Å². The number of aromatic nitrogens is 3. The number of ether oxygens (including phenoxy) is 1. The Morgan fingerprint density at radius 3 is 2.75 bits per heavy atom. The molecule has 3 aromatic rings. The van der Waals surface area contributed by atoms with Crippen LogP contribution in [0, 0.1) is 24.0 Å². The van der Waals surface area contributed by atoms with E-state index in [0.29, 0.717) is 28.0 Å². The molecule has 8 nitrogen and oxygen atoms in total. The van der Waals surface area contributed by atoms with Gasteiger partial charge in [-0.2, -0.15) is 0 Å². The summed E-state index contributed by atoms with van der Waals surface area (Å²) in [7, 11) is 0. The Labute approximate surface area is 161 Å². The van der Waals surface area contributed by atoms with E-state index >= 15 is 0 Å². The Morgan fingerprint density at radius 2 is 2.00 bits per heavy atom. The van der Waals surface area contributed by atoms with Crippen LogP contribution in [-0.4, -0.2) is 25.4 Å². The number of aryl methyl sites for hydroxylation is 4. The maximum atomic E-state index is 12.9. The molecule has 0 spiro atoms. The third kappa shape index (κ3) is 3.21. The maximum absolute atomic E-state index is 12.9. The molecule has 1 aromatic carbocycles. The van der Waals surface area contributed by atoms with Crippen molar-refractivity contribution in [2.45, 2.75) is 46.1 Å². The van der Waals surface area contributed by atoms with Crippen molar-refractivity contribution in [1.29, 1.82) is 0 Å². The van der Waals surface area contributed by atoms with E-state index in [1.807, 2.05) is 6.92 Å². The Hall–Kier alpha value is -3.29. The predicted molar refractivity (Wildman–Crippen MR) is 103 cm³/mol. The number of carbonyl (C=O) groups is 1. The molecule has 0 aliphatic carbocycles. The summed E-state index contributed by atoms with van der Waals surface area (Å²) in [6, 6.07) is 5.93. The largest absolute Gasteiger partial charge is 0.423 e. The molecule has 0 atom stereocenters. The smallest absolute Gasteiger partial charge is 0.345 e. The van der Waals surface area contributed by atoms with Crippen molar-refractivity contribution in [3.05, 3.63) is 57.0 Å². The van der Waals surface area contributed by atoms with Crippen LogP contribution in [-0.2, 0) is 13.0 Å². The molecule has 1 aliphatic rings. The monoisotopic (exact) mass is 380 g/mol. The van der Waals surface area contributed by atoms with Crippen LogP contribution in [0.15, 0.2) is 24.3 Å². The number of rotatable bonds is 3. The zero-order chi connectivity index (χ0) is 19.8. The molecular formula is C20H20N4O4. The van der Waals surface area contributed by atoms with Crippen molar-refractivity contribution in [3.63, 3.8) is 0 Å². The number of nitro groups is 1. The summed E-state index contributed by atoms with van der Waals surface area (Å²) in [5.41, 5.74) is 2.75. The van der Waals surface area contributed by atoms with E-state index in [0.717, 1.165) is 38.1 Å². The summed E-state index contributed by atoms with van der Waals surface area (Å²) >= 11 is 0. The maximum Gasteiger partial charge on any atom is 0.345 e. The molecule has 0 saturated carbocycles. The zero-order valence-electron chi connectivity index (χ0n) is 15.8. The number of benzene rings is 1. The Kier molecular flexibility index (Phi) is 4.54. The molecule has 0 unspecified atom stereocenters. The van der Waals surface area contributed by atoms with E-state index < -0.39 is 10.9 Å². The standard InChI is InChI=1S/C20H20N4O4/c1-12-10-14(7-8-16(12)24(26)27)28-20(25)15-11-13(2)21-19-18(15)22-17-6-4-3-5-9-23(17)19/h7-8,10-11H,3-6,9H2,1-2H3. The fourth-order valence-corrected chi connectivity index (χ4v) is 3.63. The first-order valence-corrected chi connectivity index (χ1v) is 9.28. The highest BCUT2D eigenvalue weighted by atomic mass is 16.6. The topological polar surface area (TPSA) is 100 Å². The first-order chi connectivity index (χ1) is 13.4. The third-order valence-electron chi connectivity index (χ3n) is 4.99. The molecule has 1 aliphatic heterocycles. The summed E-state index contributed by atoms with van der Waals surface area (Å²) in [6.07, 6.45) is 4.16. The SMILES string of the molecule is Cc1cc(C(=O)Oc2ccc([N+](=O)[O-])c(C)c2)c2nc3n(c2n1)CCCCC3. The third-order valence-corrected chi connectivity index (χ3v) is 4.99. The fraction of sp³-hybridized carbons (Fsp3) is 0.350. The molecule has 0 amide bonds. The minimum Gasteiger partial charge on any atom is -0.423 e. The van der Waals surface area contributed by atoms with Gasteiger partial charge in [-0.1, -0.05) is 6.42 Å². The van der Waals surface area contributed by atoms with Crippen molar-refractivity contribution in [3.8, 4) is 5.75 Å². The van der Waals surface area contributed by atoms with Gasteiger partial charge in [0.05, 0.1) is 10.5 Å². The lowest BCUT2D eigenvalue weighted by Gasteiger charge is -2.08. The van der Waals surface area contributed by atoms with Gasteiger partial charge in [0, 0.05) is 30.3 Å². The van der Waals surface area contributed by atoms with Gasteiger partial charge in [0.25, 0.3) is 5.69 Å². The van der Waals surface area contributed by atoms with Crippen molar-refractivity contribution in [1.82, 2.24) is 14.5 Å². The van der Waals surface area contributed by atoms with Gasteiger partial charge in [0.1, 0.15) is 17.1 Å². The summed E-state index contributed by atoms with van der Waals surface area (Å²) in [6.45, 7) is 4.29. The lowest BCUT2D eigenvalue weighted by Crippen LogP contribution is -2.11. The van der Waals surface area contributed by atoms with Crippen LogP contribution in [0.1, 0.15) is 46.7 Å². The number of imidazole rings is 1. The van der Waals surface area contributed by atoms with Gasteiger partial charge in [0.2, 0.25) is 0 Å². The molecule has 0 fully saturated rings. The summed E-state index contributed by atoms with van der Waals surface area (Å²) in [4.78, 5) is 32.6. The van der Waals surface area contributed by atoms with Crippen LogP contribution < -0.4 is 4.74 Å². The number of esters is 1. The van der Waals surface area contributed by atoms with Crippen molar-refractivity contribution < 1.29 is 14.5 Å². The number of carbonyl (C=O) groups excluding carboxylic acids is 1. The number of hydrogen-bond acceptors (Lipinski definition) is 6. The molecule has 0 radical (unpaired) electrons. The summed E-state index contributed by atoms with van der Waals surface area (Å²) < 4.78 is 7.60. The Balaban J connectivity index is 1.71. The summed E-state index contributed by atoms with van der Waals surface area (Å²) in [5, 5.41) is 11.0. The second kappa shape index (κ2) is 7.03. The average molecular weight is 380 g/mol. The van der Waals surface area contributed by atoms with E-state index in [4.69, 9.17) is 4.74 Å². The Bertz CT molecular complexity index is 1100. The van der Waals surface area contributed by atoms with Gasteiger partial charge < -0.3 is 9.30 Å². The number of nitro benzene ring substituents is 1. The van der Waals surface area contributed by atoms with Gasteiger partial charge in [-0.05, 0) is 44.9 Å². The van der Waals surface area contributed by atoms with Gasteiger partial charge in [-0.25, -0.2) is 14.8 Å². The number of fused-ring (bicyclic) bond motifs is 3. The minimum absolute atomic E-state index is 0.0141. The van der Waals surface area contributed by atoms with Crippen molar-refractivity contribution in [2.24, 2.45) is 0 Å². The van der Waals surface area contributed by atoms with Crippen LogP contribution >= 0.6 is 0 Å². The van der Waals surface area contributed by atoms with E-state index in [2.05, 4.69) is 14.5 Å². The number of pyridine rings is 1. The lowest BCUT2D eigenvalue weighted by molar-refractivity contribution is -0.385. The molecular weight excluding hydrogens is 360 g/mol. The van der Waals surface area contributed by atoms with E-state index in [1.54, 1.807) is 13.0 Å². The zero-order valence-corrected chi connectivity index (χ0v) is 15.8. The highest BCUT2D eigenvalue weighted by molar-refractivity contribution is 6.02. The molecule has 28 heavy (non-hydrogen) atoms. The lowest BCUT2D eigenvalue weighted by atomic mass is 10.2. The van der Waals surface area contributed by atoms with Crippen LogP contribution in [0.4, 0.5) is 5.69 Å². The number of hydrogen-bond donors (Lipinski definition) is 0. The summed E-state index contributed by atoms with van der Waals surface area (Å²) in [5.74, 6) is 0.666. The van der Waals surface area contributed by atoms with Crippen LogP contribution in [0.3, 0.4) is 0 Å². The van der Waals surface area contributed by atoms with E-state index in [1.165, 1.54) is 18.2 Å². The Morgan fingerprint density at radius 1 is 1.18 bits per heavy atom. The number of nitrogens with zero attached hydrogens (tertiary/aromatic N) is 4. The second-order valence-electron chi connectivity index (χ2n) is 7.07. The predicted octanol–water partition coefficient (Wildman–Crippen LogP) is 3.90. The van der Waals surface area contributed by atoms with Gasteiger partial charge in [-0.3, -0.25) is 10.1 Å². The second-order valence-corrected chi connectivity index (χ2v) is 7.07. The van der Waals surface area contributed by atoms with Gasteiger partial charge >= 0.3 is 5.97 Å². The first-order valence-electron chi connectivity index (χ1n) is 9.28. The molecule has 2 aromatic heterocycles. The van der Waals surface area contributed by atoms with E-state index in [-0.39, 0.29) is 11.4 Å². The molecule has 0 N–H and O–H groups in total. The highest BCUT2D eigenvalue weighted by Gasteiger charge is 2.22. The molecule has 144 valence electrons. The molecule has 0 saturated heterocycles. The quantitative estimate of drug-likeness (QED) is 0.296. The molecule has 0 bridgehead atoms. The first kappa shape index (κ1) is 18.1. The van der Waals surface area contributed by atoms with Crippen molar-refractivity contribution >= 4 is 22.8 Å². The average Bonchev–Trinajstić information content (AvgIpc) is 2.82. The fourth-order valence-electron chi connectivity index (χ4n) is 3.63. The molecule has 8 heteroatoms. The van der Waals surface area contributed by atoms with Gasteiger partial charge in [0.15, 0.2) is 5.65 Å². The van der Waals surface area contributed by atoms with E-state index in [9.17, 15) is 14.9 Å². The molecule has 3 heterocycles. The minimum atomic E-state index is -0.544. The molecule has 4 rings (SSSR count). The van der Waals surface area contributed by atoms with Crippen molar-refractivity contribution in [2.75, 3.05) is 0 Å². The normalized spacial score (nSPS) is 13.8. The van der Waals surface area contributed by atoms with Crippen LogP contribution in [0.5, 0.6) is 5.75 Å².